The maximum Gasteiger partial charge on any atom is 0.253 e. The molecule has 2 aromatic rings. The predicted octanol–water partition coefficient (Wildman–Crippen LogP) is 3.26. The number of nitrogens with one attached hydrogen (secondary N) is 1. The van der Waals surface area contributed by atoms with Gasteiger partial charge in [-0.1, -0.05) is 6.07 Å². The van der Waals surface area contributed by atoms with Gasteiger partial charge in [-0.25, -0.2) is 0 Å². The summed E-state index contributed by atoms with van der Waals surface area (Å²) in [6.45, 7) is 1.67. The van der Waals surface area contributed by atoms with E-state index < -0.39 is 0 Å². The number of benzene rings is 2. The number of carbonyl (C=O) groups is 1. The fourth-order valence-electron chi connectivity index (χ4n) is 2.77. The fraction of sp³-hybridized carbons (Fsp3) is 0.278. The van der Waals surface area contributed by atoms with Crippen LogP contribution in [0.15, 0.2) is 42.5 Å². The molecular weight excluding hydrogens is 290 g/mol. The molecule has 0 spiro atoms. The second-order valence-corrected chi connectivity index (χ2v) is 5.66. The molecule has 3 rings (SSSR count). The Kier molecular flexibility index (Phi) is 4.37. The van der Waals surface area contributed by atoms with Gasteiger partial charge in [0.2, 0.25) is 0 Å². The van der Waals surface area contributed by atoms with Crippen molar-refractivity contribution in [2.24, 2.45) is 0 Å². The van der Waals surface area contributed by atoms with E-state index in [1.54, 1.807) is 13.2 Å². The molecule has 1 saturated heterocycles. The number of ether oxygens (including phenoxy) is 1. The Morgan fingerprint density at radius 2 is 1.96 bits per heavy atom. The van der Waals surface area contributed by atoms with Crippen molar-refractivity contribution in [2.45, 2.75) is 12.8 Å². The summed E-state index contributed by atoms with van der Waals surface area (Å²) >= 11 is 0. The Morgan fingerprint density at radius 1 is 1.17 bits per heavy atom. The van der Waals surface area contributed by atoms with E-state index in [9.17, 15) is 4.79 Å². The summed E-state index contributed by atoms with van der Waals surface area (Å²) in [5.74, 6) is 0.830. The van der Waals surface area contributed by atoms with Gasteiger partial charge in [0.1, 0.15) is 5.75 Å². The number of rotatable bonds is 4. The van der Waals surface area contributed by atoms with Crippen molar-refractivity contribution in [1.82, 2.24) is 4.90 Å². The minimum atomic E-state index is 0.0575. The molecule has 120 valence electrons. The van der Waals surface area contributed by atoms with Crippen LogP contribution >= 0.6 is 0 Å². The van der Waals surface area contributed by atoms with Crippen molar-refractivity contribution in [2.75, 3.05) is 31.2 Å². The molecular formula is C18H21N3O2. The molecule has 1 amide bonds. The first-order chi connectivity index (χ1) is 11.2. The van der Waals surface area contributed by atoms with Gasteiger partial charge >= 0.3 is 0 Å². The monoisotopic (exact) mass is 311 g/mol. The number of hydrogen-bond donors (Lipinski definition) is 2. The van der Waals surface area contributed by atoms with Crippen LogP contribution in [-0.2, 0) is 0 Å². The minimum absolute atomic E-state index is 0.0575. The van der Waals surface area contributed by atoms with Crippen LogP contribution in [0.3, 0.4) is 0 Å². The van der Waals surface area contributed by atoms with Gasteiger partial charge in [0, 0.05) is 30.4 Å². The Balaban J connectivity index is 1.77. The lowest BCUT2D eigenvalue weighted by Crippen LogP contribution is -2.27. The van der Waals surface area contributed by atoms with Crippen molar-refractivity contribution in [3.63, 3.8) is 0 Å². The summed E-state index contributed by atoms with van der Waals surface area (Å²) in [6, 6.07) is 13.0. The first-order valence-electron chi connectivity index (χ1n) is 7.77. The van der Waals surface area contributed by atoms with E-state index in [0.717, 1.165) is 43.1 Å². The SMILES string of the molecule is COc1cccc(Nc2ccc(C(=O)N3CCCC3)cc2N)c1. The third-order valence-corrected chi connectivity index (χ3v) is 4.04. The van der Waals surface area contributed by atoms with Crippen molar-refractivity contribution >= 4 is 23.0 Å². The lowest BCUT2D eigenvalue weighted by molar-refractivity contribution is 0.0793. The van der Waals surface area contributed by atoms with Crippen LogP contribution in [0.1, 0.15) is 23.2 Å². The molecule has 1 aliphatic rings. The standard InChI is InChI=1S/C18H21N3O2/c1-23-15-6-4-5-14(12-15)20-17-8-7-13(11-16(17)19)18(22)21-9-2-3-10-21/h4-8,11-12,20H,2-3,9-10,19H2,1H3. The molecule has 3 N–H and O–H groups in total. The van der Waals surface area contributed by atoms with Gasteiger partial charge in [0.25, 0.3) is 5.91 Å². The predicted molar refractivity (Wildman–Crippen MR) is 92.3 cm³/mol. The van der Waals surface area contributed by atoms with E-state index in [0.29, 0.717) is 11.3 Å². The molecule has 0 aliphatic carbocycles. The average molecular weight is 311 g/mol. The van der Waals surface area contributed by atoms with Crippen LogP contribution in [0.2, 0.25) is 0 Å². The van der Waals surface area contributed by atoms with Crippen LogP contribution < -0.4 is 15.8 Å². The topological polar surface area (TPSA) is 67.6 Å². The second kappa shape index (κ2) is 6.60. The summed E-state index contributed by atoms with van der Waals surface area (Å²) in [4.78, 5) is 14.3. The summed E-state index contributed by atoms with van der Waals surface area (Å²) in [6.07, 6.45) is 2.16. The third-order valence-electron chi connectivity index (χ3n) is 4.04. The van der Waals surface area contributed by atoms with E-state index in [4.69, 9.17) is 10.5 Å². The van der Waals surface area contributed by atoms with Gasteiger partial charge in [-0.3, -0.25) is 4.79 Å². The van der Waals surface area contributed by atoms with Crippen molar-refractivity contribution in [1.29, 1.82) is 0 Å². The summed E-state index contributed by atoms with van der Waals surface area (Å²) in [5.41, 5.74) is 8.96. The number of nitrogens with two attached hydrogens (primary N) is 1. The summed E-state index contributed by atoms with van der Waals surface area (Å²) < 4.78 is 5.21. The highest BCUT2D eigenvalue weighted by Crippen LogP contribution is 2.27. The Bertz CT molecular complexity index is 709. The van der Waals surface area contributed by atoms with E-state index in [2.05, 4.69) is 5.32 Å². The second-order valence-electron chi connectivity index (χ2n) is 5.66. The molecule has 1 fully saturated rings. The van der Waals surface area contributed by atoms with Crippen LogP contribution in [0.25, 0.3) is 0 Å². The maximum atomic E-state index is 12.4. The third kappa shape index (κ3) is 3.39. The molecule has 5 heteroatoms. The highest BCUT2D eigenvalue weighted by Gasteiger charge is 2.19. The molecule has 2 aromatic carbocycles. The van der Waals surface area contributed by atoms with Gasteiger partial charge in [-0.2, -0.15) is 0 Å². The number of carbonyl (C=O) groups excluding carboxylic acids is 1. The van der Waals surface area contributed by atoms with E-state index in [-0.39, 0.29) is 5.91 Å². The molecule has 5 nitrogen and oxygen atoms in total. The normalized spacial score (nSPS) is 13.9. The van der Waals surface area contributed by atoms with Crippen LogP contribution in [-0.4, -0.2) is 31.0 Å². The Hall–Kier alpha value is -2.69. The quantitative estimate of drug-likeness (QED) is 0.851. The number of anilines is 3. The lowest BCUT2D eigenvalue weighted by Gasteiger charge is -2.16. The molecule has 1 heterocycles. The van der Waals surface area contributed by atoms with Gasteiger partial charge < -0.3 is 20.7 Å². The highest BCUT2D eigenvalue weighted by molar-refractivity contribution is 5.96. The number of amides is 1. The van der Waals surface area contributed by atoms with Gasteiger partial charge in [-0.15, -0.1) is 0 Å². The highest BCUT2D eigenvalue weighted by atomic mass is 16.5. The van der Waals surface area contributed by atoms with E-state index in [1.807, 2.05) is 41.3 Å². The summed E-state index contributed by atoms with van der Waals surface area (Å²) in [7, 11) is 1.63. The van der Waals surface area contributed by atoms with Crippen molar-refractivity contribution in [3.8, 4) is 5.75 Å². The summed E-state index contributed by atoms with van der Waals surface area (Å²) in [5, 5.41) is 3.25. The first kappa shape index (κ1) is 15.2. The molecule has 1 aliphatic heterocycles. The fourth-order valence-corrected chi connectivity index (χ4v) is 2.77. The number of nitrogens with zero attached hydrogens (tertiary/aromatic N) is 1. The molecule has 0 unspecified atom stereocenters. The number of likely N-dealkylation sites (tertiary alicyclic amines) is 1. The lowest BCUT2D eigenvalue weighted by atomic mass is 10.1. The molecule has 0 bridgehead atoms. The smallest absolute Gasteiger partial charge is 0.253 e. The molecule has 0 aromatic heterocycles. The first-order valence-corrected chi connectivity index (χ1v) is 7.77. The number of methoxy groups -OCH3 is 1. The van der Waals surface area contributed by atoms with Crippen LogP contribution in [0.4, 0.5) is 17.1 Å². The Morgan fingerprint density at radius 3 is 2.65 bits per heavy atom. The average Bonchev–Trinajstić information content (AvgIpc) is 3.11. The number of nitrogen functional groups attached to an aromatic ring is 1. The zero-order chi connectivity index (χ0) is 16.2. The van der Waals surface area contributed by atoms with Crippen molar-refractivity contribution in [3.05, 3.63) is 48.0 Å². The van der Waals surface area contributed by atoms with Crippen molar-refractivity contribution < 1.29 is 9.53 Å². The molecule has 0 atom stereocenters. The minimum Gasteiger partial charge on any atom is -0.497 e. The molecule has 0 radical (unpaired) electrons. The van der Waals surface area contributed by atoms with Gasteiger partial charge in [0.15, 0.2) is 0 Å². The molecule has 0 saturated carbocycles. The molecule has 23 heavy (non-hydrogen) atoms. The zero-order valence-corrected chi connectivity index (χ0v) is 13.2. The van der Waals surface area contributed by atoms with Crippen LogP contribution in [0, 0.1) is 0 Å². The van der Waals surface area contributed by atoms with E-state index >= 15 is 0 Å². The Labute approximate surface area is 136 Å². The maximum absolute atomic E-state index is 12.4. The zero-order valence-electron chi connectivity index (χ0n) is 13.2. The van der Waals surface area contributed by atoms with Crippen LogP contribution in [0.5, 0.6) is 5.75 Å². The van der Waals surface area contributed by atoms with E-state index in [1.165, 1.54) is 0 Å². The van der Waals surface area contributed by atoms with Gasteiger partial charge in [0.05, 0.1) is 18.5 Å². The van der Waals surface area contributed by atoms with Gasteiger partial charge in [-0.05, 0) is 43.2 Å². The number of hydrogen-bond acceptors (Lipinski definition) is 4. The largest absolute Gasteiger partial charge is 0.497 e.